The van der Waals surface area contributed by atoms with Gasteiger partial charge in [0.15, 0.2) is 0 Å². The Hall–Kier alpha value is 1.41. The molecule has 0 rings (SSSR count). The first-order valence-corrected chi connectivity index (χ1v) is 4.36. The second kappa shape index (κ2) is 22.4. The SMILES string of the molecule is CC(Cl)Cl.COCl.ClCCl. The first kappa shape index (κ1) is 17.5. The minimum atomic E-state index is -0.222. The van der Waals surface area contributed by atoms with Crippen molar-refractivity contribution in [3.05, 3.63) is 0 Å². The van der Waals surface area contributed by atoms with Gasteiger partial charge in [-0.25, -0.2) is 0 Å². The molecule has 0 aliphatic carbocycles. The Kier molecular flexibility index (Phi) is 39.2. The molecule has 0 unspecified atom stereocenters. The van der Waals surface area contributed by atoms with Gasteiger partial charge in [-0.2, -0.15) is 0 Å². The van der Waals surface area contributed by atoms with Gasteiger partial charge in [-0.1, -0.05) is 0 Å². The molecule has 0 atom stereocenters. The van der Waals surface area contributed by atoms with E-state index in [4.69, 9.17) is 46.4 Å². The number of rotatable bonds is 0. The maximum absolute atomic E-state index is 5.04. The molecule has 0 radical (unpaired) electrons. The smallest absolute Gasteiger partial charge is 0.105 e. The Morgan fingerprint density at radius 2 is 1.30 bits per heavy atom. The van der Waals surface area contributed by atoms with Gasteiger partial charge in [0.25, 0.3) is 0 Å². The normalized spacial score (nSPS) is 7.20. The molecule has 0 bridgehead atoms. The van der Waals surface area contributed by atoms with E-state index in [1.807, 2.05) is 0 Å². The Labute approximate surface area is 86.6 Å². The largest absolute Gasteiger partial charge is 0.283 e. The molecule has 10 heavy (non-hydrogen) atoms. The average molecular weight is 250 g/mol. The lowest BCUT2D eigenvalue weighted by Gasteiger charge is -1.72. The zero-order valence-corrected chi connectivity index (χ0v) is 9.36. The maximum atomic E-state index is 5.04. The van der Waals surface area contributed by atoms with Crippen LogP contribution < -0.4 is 0 Å². The minimum absolute atomic E-state index is 0.194. The third-order valence-corrected chi connectivity index (χ3v) is 0. The summed E-state index contributed by atoms with van der Waals surface area (Å²) >= 11 is 24.1. The predicted molar refractivity (Wildman–Crippen MR) is 50.6 cm³/mol. The molecule has 0 aromatic rings. The van der Waals surface area contributed by atoms with Gasteiger partial charge >= 0.3 is 0 Å². The zero-order chi connectivity index (χ0) is 8.99. The molecular weight excluding hydrogens is 241 g/mol. The molecule has 0 saturated heterocycles. The first-order chi connectivity index (χ1) is 4.56. The van der Waals surface area contributed by atoms with Crippen molar-refractivity contribution in [1.82, 2.24) is 0 Å². The second-order valence-corrected chi connectivity index (χ2v) is 3.42. The van der Waals surface area contributed by atoms with Gasteiger partial charge in [-0.3, -0.25) is 4.29 Å². The van der Waals surface area contributed by atoms with Crippen molar-refractivity contribution in [1.29, 1.82) is 0 Å². The van der Waals surface area contributed by atoms with Crippen LogP contribution in [0, 0.1) is 0 Å². The topological polar surface area (TPSA) is 9.23 Å². The van der Waals surface area contributed by atoms with E-state index in [2.05, 4.69) is 16.2 Å². The highest BCUT2D eigenvalue weighted by Crippen LogP contribution is 1.95. The molecule has 66 valence electrons. The maximum Gasteiger partial charge on any atom is 0.105 e. The van der Waals surface area contributed by atoms with E-state index in [0.717, 1.165) is 0 Å². The lowest BCUT2D eigenvalue weighted by Crippen LogP contribution is -1.63. The molecule has 0 heterocycles. The van der Waals surface area contributed by atoms with Gasteiger partial charge in [0.1, 0.15) is 4.84 Å². The molecule has 1 nitrogen and oxygen atoms in total. The Morgan fingerprint density at radius 1 is 1.30 bits per heavy atom. The summed E-state index contributed by atoms with van der Waals surface area (Å²) in [6, 6.07) is 0. The summed E-state index contributed by atoms with van der Waals surface area (Å²) in [4.78, 5) is -0.222. The summed E-state index contributed by atoms with van der Waals surface area (Å²) in [7, 11) is 1.39. The monoisotopic (exact) mass is 248 g/mol. The lowest BCUT2D eigenvalue weighted by atomic mass is 11.0. The van der Waals surface area contributed by atoms with E-state index in [-0.39, 0.29) is 10.2 Å². The second-order valence-electron chi connectivity index (χ2n) is 0.774. The van der Waals surface area contributed by atoms with E-state index >= 15 is 0 Å². The van der Waals surface area contributed by atoms with Crippen molar-refractivity contribution in [2.24, 2.45) is 0 Å². The fourth-order valence-corrected chi connectivity index (χ4v) is 0. The molecule has 0 spiro atoms. The van der Waals surface area contributed by atoms with E-state index in [9.17, 15) is 0 Å². The molecule has 0 amide bonds. The van der Waals surface area contributed by atoms with Crippen LogP contribution in [0.3, 0.4) is 0 Å². The third-order valence-electron chi connectivity index (χ3n) is 0. The Morgan fingerprint density at radius 3 is 1.30 bits per heavy atom. The van der Waals surface area contributed by atoms with Gasteiger partial charge < -0.3 is 0 Å². The van der Waals surface area contributed by atoms with Crippen molar-refractivity contribution >= 4 is 58.3 Å². The summed E-state index contributed by atoms with van der Waals surface area (Å²) in [6.45, 7) is 1.70. The quantitative estimate of drug-likeness (QED) is 0.590. The van der Waals surface area contributed by atoms with Crippen molar-refractivity contribution in [2.45, 2.75) is 11.8 Å². The van der Waals surface area contributed by atoms with Crippen LogP contribution in [0.1, 0.15) is 6.92 Å². The van der Waals surface area contributed by atoms with Crippen LogP contribution in [-0.2, 0) is 4.29 Å². The van der Waals surface area contributed by atoms with Crippen LogP contribution in [0.4, 0.5) is 0 Å². The highest BCUT2D eigenvalue weighted by molar-refractivity contribution is 6.43. The molecular formula is C4H9Cl5O. The van der Waals surface area contributed by atoms with E-state index in [1.165, 1.54) is 7.11 Å². The van der Waals surface area contributed by atoms with Crippen molar-refractivity contribution in [2.75, 3.05) is 12.4 Å². The fourth-order valence-electron chi connectivity index (χ4n) is 0. The highest BCUT2D eigenvalue weighted by Gasteiger charge is 1.75. The van der Waals surface area contributed by atoms with E-state index < -0.39 is 0 Å². The molecule has 0 fully saturated rings. The van der Waals surface area contributed by atoms with Crippen LogP contribution in [0.15, 0.2) is 0 Å². The number of hydrogen-bond donors (Lipinski definition) is 0. The number of hydrogen-bond acceptors (Lipinski definition) is 1. The standard InChI is InChI=1S/C2H4Cl2.CH2Cl2.CH3ClO/c1-2(3)4;2-1-3;1-3-2/h2H,1H3;1H2;1H3. The van der Waals surface area contributed by atoms with Crippen LogP contribution >= 0.6 is 58.3 Å². The van der Waals surface area contributed by atoms with Gasteiger partial charge in [0, 0.05) is 0 Å². The van der Waals surface area contributed by atoms with Gasteiger partial charge in [0.2, 0.25) is 0 Å². The highest BCUT2D eigenvalue weighted by atomic mass is 35.5. The fraction of sp³-hybridized carbons (Fsp3) is 1.00. The third kappa shape index (κ3) is 335. The van der Waals surface area contributed by atoms with Gasteiger partial charge in [0.05, 0.1) is 24.3 Å². The molecule has 0 aromatic carbocycles. The van der Waals surface area contributed by atoms with Crippen molar-refractivity contribution in [3.8, 4) is 0 Å². The zero-order valence-electron chi connectivity index (χ0n) is 5.58. The minimum Gasteiger partial charge on any atom is -0.283 e. The van der Waals surface area contributed by atoms with Gasteiger partial charge in [-0.15, -0.1) is 46.4 Å². The van der Waals surface area contributed by atoms with Crippen molar-refractivity contribution in [3.63, 3.8) is 0 Å². The molecule has 0 saturated carbocycles. The summed E-state index contributed by atoms with van der Waals surface area (Å²) in [5.74, 6) is 0. The van der Waals surface area contributed by atoms with Crippen LogP contribution in [-0.4, -0.2) is 17.3 Å². The molecule has 6 heteroatoms. The number of halogens is 5. The van der Waals surface area contributed by atoms with Crippen LogP contribution in [0.5, 0.6) is 0 Å². The van der Waals surface area contributed by atoms with Gasteiger partial charge in [-0.05, 0) is 6.92 Å². The summed E-state index contributed by atoms with van der Waals surface area (Å²) in [5.41, 5.74) is 0. The summed E-state index contributed by atoms with van der Waals surface area (Å²) in [5, 5.41) is 0.194. The average Bonchev–Trinajstić information content (AvgIpc) is 1.65. The molecule has 0 N–H and O–H groups in total. The molecule has 0 aliphatic rings. The first-order valence-electron chi connectivity index (χ1n) is 2.11. The molecule has 0 aromatic heterocycles. The Balaban J connectivity index is -0.0000000750. The summed E-state index contributed by atoms with van der Waals surface area (Å²) in [6.07, 6.45) is 0. The van der Waals surface area contributed by atoms with Crippen LogP contribution in [0.2, 0.25) is 0 Å². The predicted octanol–water partition coefficient (Wildman–Crippen LogP) is 4.02. The lowest BCUT2D eigenvalue weighted by molar-refractivity contribution is 0.463. The Bertz CT molecular complexity index is 30.1. The summed E-state index contributed by atoms with van der Waals surface area (Å²) < 4.78 is 3.72. The molecule has 0 aliphatic heterocycles. The van der Waals surface area contributed by atoms with E-state index in [1.54, 1.807) is 6.92 Å². The van der Waals surface area contributed by atoms with Crippen molar-refractivity contribution < 1.29 is 4.29 Å². The van der Waals surface area contributed by atoms with E-state index in [0.29, 0.717) is 0 Å². The van der Waals surface area contributed by atoms with Crippen LogP contribution in [0.25, 0.3) is 0 Å². The number of alkyl halides is 4.